The van der Waals surface area contributed by atoms with Gasteiger partial charge in [0.05, 0.1) is 23.7 Å². The molecule has 6 heteroatoms. The Kier molecular flexibility index (Phi) is 3.85. The normalized spacial score (nSPS) is 11.1. The van der Waals surface area contributed by atoms with Crippen molar-refractivity contribution in [1.82, 2.24) is 14.5 Å². The Labute approximate surface area is 144 Å². The number of carbonyl (C=O) groups is 1. The lowest BCUT2D eigenvalue weighted by molar-refractivity contribution is -0.116. The molecule has 2 N–H and O–H groups in total. The smallest absolute Gasteiger partial charge is 0.228 e. The van der Waals surface area contributed by atoms with Gasteiger partial charge in [-0.05, 0) is 30.3 Å². The number of amides is 1. The van der Waals surface area contributed by atoms with Crippen LogP contribution in [0.3, 0.4) is 0 Å². The molecule has 0 radical (unpaired) electrons. The molecule has 0 spiro atoms. The lowest BCUT2D eigenvalue weighted by Crippen LogP contribution is -2.15. The number of methoxy groups -OCH3 is 1. The average molecular weight is 334 g/mol. The quantitative estimate of drug-likeness (QED) is 0.586. The summed E-state index contributed by atoms with van der Waals surface area (Å²) in [4.78, 5) is 19.7. The van der Waals surface area contributed by atoms with Gasteiger partial charge in [-0.2, -0.15) is 0 Å². The van der Waals surface area contributed by atoms with Crippen molar-refractivity contribution in [3.05, 3.63) is 54.7 Å². The Morgan fingerprint density at radius 3 is 2.92 bits per heavy atom. The number of aromatic nitrogens is 3. The molecule has 2 aromatic carbocycles. The zero-order valence-corrected chi connectivity index (χ0v) is 13.8. The number of para-hydroxylation sites is 2. The SMILES string of the molecule is COc1cccc2c1ccn2CCC(=O)Nc1nc2ccccc2[nH]1. The Bertz CT molecular complexity index is 1010. The summed E-state index contributed by atoms with van der Waals surface area (Å²) in [7, 11) is 1.66. The third kappa shape index (κ3) is 2.94. The number of rotatable bonds is 5. The van der Waals surface area contributed by atoms with Crippen molar-refractivity contribution in [2.24, 2.45) is 0 Å². The molecule has 126 valence electrons. The first kappa shape index (κ1) is 15.3. The van der Waals surface area contributed by atoms with Gasteiger partial charge in [0.1, 0.15) is 5.75 Å². The number of imidazole rings is 1. The minimum absolute atomic E-state index is 0.0798. The molecule has 0 saturated heterocycles. The van der Waals surface area contributed by atoms with Gasteiger partial charge in [0.25, 0.3) is 0 Å². The molecule has 2 aromatic heterocycles. The molecule has 25 heavy (non-hydrogen) atoms. The summed E-state index contributed by atoms with van der Waals surface area (Å²) in [5.41, 5.74) is 2.79. The Balaban J connectivity index is 1.45. The number of ether oxygens (including phenoxy) is 1. The van der Waals surface area contributed by atoms with Gasteiger partial charge in [0.2, 0.25) is 11.9 Å². The van der Waals surface area contributed by atoms with E-state index in [-0.39, 0.29) is 5.91 Å². The van der Waals surface area contributed by atoms with E-state index in [1.807, 2.05) is 54.7 Å². The van der Waals surface area contributed by atoms with E-state index in [9.17, 15) is 4.79 Å². The summed E-state index contributed by atoms with van der Waals surface area (Å²) >= 11 is 0. The van der Waals surface area contributed by atoms with Crippen molar-refractivity contribution in [3.8, 4) is 5.75 Å². The highest BCUT2D eigenvalue weighted by atomic mass is 16.5. The van der Waals surface area contributed by atoms with Gasteiger partial charge in [-0.3, -0.25) is 10.1 Å². The summed E-state index contributed by atoms with van der Waals surface area (Å²) in [5, 5.41) is 3.86. The number of aromatic amines is 1. The van der Waals surface area contributed by atoms with Crippen LogP contribution in [0.1, 0.15) is 6.42 Å². The van der Waals surface area contributed by atoms with E-state index in [2.05, 4.69) is 19.9 Å². The van der Waals surface area contributed by atoms with Gasteiger partial charge < -0.3 is 14.3 Å². The molecular weight excluding hydrogens is 316 g/mol. The minimum Gasteiger partial charge on any atom is -0.496 e. The van der Waals surface area contributed by atoms with Crippen LogP contribution < -0.4 is 10.1 Å². The number of aryl methyl sites for hydroxylation is 1. The molecule has 6 nitrogen and oxygen atoms in total. The number of nitrogens with zero attached hydrogens (tertiary/aromatic N) is 2. The first-order valence-electron chi connectivity index (χ1n) is 8.11. The van der Waals surface area contributed by atoms with E-state index in [0.29, 0.717) is 18.9 Å². The lowest BCUT2D eigenvalue weighted by Gasteiger charge is -2.07. The fraction of sp³-hybridized carbons (Fsp3) is 0.158. The summed E-state index contributed by atoms with van der Waals surface area (Å²) in [6.45, 7) is 0.586. The van der Waals surface area contributed by atoms with Crippen molar-refractivity contribution >= 4 is 33.8 Å². The fourth-order valence-electron chi connectivity index (χ4n) is 3.00. The van der Waals surface area contributed by atoms with Crippen LogP contribution in [0.2, 0.25) is 0 Å². The molecule has 0 atom stereocenters. The zero-order valence-electron chi connectivity index (χ0n) is 13.8. The zero-order chi connectivity index (χ0) is 17.2. The van der Waals surface area contributed by atoms with E-state index in [1.54, 1.807) is 7.11 Å². The third-order valence-corrected chi connectivity index (χ3v) is 4.22. The Morgan fingerprint density at radius 1 is 1.20 bits per heavy atom. The first-order chi connectivity index (χ1) is 12.2. The van der Waals surface area contributed by atoms with E-state index in [1.165, 1.54) is 0 Å². The summed E-state index contributed by atoms with van der Waals surface area (Å²) in [5.74, 6) is 1.23. The molecular formula is C19H18N4O2. The standard InChI is InChI=1S/C19H18N4O2/c1-25-17-8-4-7-16-13(17)9-11-23(16)12-10-18(24)22-19-20-14-5-2-3-6-15(14)21-19/h2-9,11H,10,12H2,1H3,(H2,20,21,22,24). The highest BCUT2D eigenvalue weighted by Gasteiger charge is 2.09. The van der Waals surface area contributed by atoms with Gasteiger partial charge >= 0.3 is 0 Å². The predicted molar refractivity (Wildman–Crippen MR) is 97.8 cm³/mol. The monoisotopic (exact) mass is 334 g/mol. The fourth-order valence-corrected chi connectivity index (χ4v) is 3.00. The molecule has 2 heterocycles. The van der Waals surface area contributed by atoms with Crippen LogP contribution in [0.4, 0.5) is 5.95 Å². The molecule has 0 aliphatic carbocycles. The van der Waals surface area contributed by atoms with Crippen LogP contribution >= 0.6 is 0 Å². The second-order valence-electron chi connectivity index (χ2n) is 5.80. The number of carbonyl (C=O) groups excluding carboxylic acids is 1. The van der Waals surface area contributed by atoms with Crippen LogP contribution in [0.15, 0.2) is 54.7 Å². The molecule has 1 amide bonds. The van der Waals surface area contributed by atoms with Crippen molar-refractivity contribution in [3.63, 3.8) is 0 Å². The summed E-state index contributed by atoms with van der Waals surface area (Å²) in [6, 6.07) is 15.6. The maximum atomic E-state index is 12.2. The molecule has 4 rings (SSSR count). The first-order valence-corrected chi connectivity index (χ1v) is 8.11. The topological polar surface area (TPSA) is 71.9 Å². The van der Waals surface area contributed by atoms with E-state index in [0.717, 1.165) is 27.7 Å². The molecule has 0 aliphatic heterocycles. The highest BCUT2D eigenvalue weighted by Crippen LogP contribution is 2.26. The van der Waals surface area contributed by atoms with Crippen LogP contribution in [-0.2, 0) is 11.3 Å². The average Bonchev–Trinajstić information content (AvgIpc) is 3.22. The van der Waals surface area contributed by atoms with Crippen molar-refractivity contribution in [1.29, 1.82) is 0 Å². The maximum absolute atomic E-state index is 12.2. The number of H-pyrrole nitrogens is 1. The number of nitrogens with one attached hydrogen (secondary N) is 2. The van der Waals surface area contributed by atoms with Gasteiger partial charge in [-0.15, -0.1) is 0 Å². The molecule has 0 fully saturated rings. The van der Waals surface area contributed by atoms with Gasteiger partial charge in [0, 0.05) is 24.5 Å². The molecule has 0 saturated carbocycles. The van der Waals surface area contributed by atoms with Crippen LogP contribution in [0.5, 0.6) is 5.75 Å². The van der Waals surface area contributed by atoms with Crippen molar-refractivity contribution in [2.75, 3.05) is 12.4 Å². The van der Waals surface area contributed by atoms with Crippen LogP contribution in [-0.4, -0.2) is 27.6 Å². The van der Waals surface area contributed by atoms with E-state index >= 15 is 0 Å². The second-order valence-corrected chi connectivity index (χ2v) is 5.80. The second kappa shape index (κ2) is 6.32. The predicted octanol–water partition coefficient (Wildman–Crippen LogP) is 3.56. The molecule has 0 aliphatic rings. The number of hydrogen-bond acceptors (Lipinski definition) is 3. The number of benzene rings is 2. The van der Waals surface area contributed by atoms with Crippen molar-refractivity contribution < 1.29 is 9.53 Å². The molecule has 0 unspecified atom stereocenters. The highest BCUT2D eigenvalue weighted by molar-refractivity contribution is 5.91. The Hall–Kier alpha value is -3.28. The van der Waals surface area contributed by atoms with Gasteiger partial charge in [0.15, 0.2) is 0 Å². The lowest BCUT2D eigenvalue weighted by atomic mass is 10.2. The van der Waals surface area contributed by atoms with E-state index < -0.39 is 0 Å². The number of fused-ring (bicyclic) bond motifs is 2. The largest absolute Gasteiger partial charge is 0.496 e. The summed E-state index contributed by atoms with van der Waals surface area (Å²) < 4.78 is 7.42. The maximum Gasteiger partial charge on any atom is 0.228 e. The van der Waals surface area contributed by atoms with Gasteiger partial charge in [-0.1, -0.05) is 18.2 Å². The number of anilines is 1. The van der Waals surface area contributed by atoms with Gasteiger partial charge in [-0.25, -0.2) is 4.98 Å². The van der Waals surface area contributed by atoms with Crippen molar-refractivity contribution in [2.45, 2.75) is 13.0 Å². The number of hydrogen-bond donors (Lipinski definition) is 2. The van der Waals surface area contributed by atoms with E-state index in [4.69, 9.17) is 4.74 Å². The molecule has 4 aromatic rings. The third-order valence-electron chi connectivity index (χ3n) is 4.22. The van der Waals surface area contributed by atoms with Crippen LogP contribution in [0, 0.1) is 0 Å². The minimum atomic E-state index is -0.0798. The summed E-state index contributed by atoms with van der Waals surface area (Å²) in [6.07, 6.45) is 2.33. The Morgan fingerprint density at radius 2 is 2.08 bits per heavy atom. The van der Waals surface area contributed by atoms with Crippen LogP contribution in [0.25, 0.3) is 21.9 Å². The molecule has 0 bridgehead atoms.